The van der Waals surface area contributed by atoms with Crippen LogP contribution in [0.1, 0.15) is 37.8 Å². The molecule has 0 heterocycles. The minimum Gasteiger partial charge on any atom is -0.508 e. The van der Waals surface area contributed by atoms with E-state index < -0.39 is 12.1 Å². The van der Waals surface area contributed by atoms with E-state index >= 15 is 0 Å². The zero-order chi connectivity index (χ0) is 13.0. The molecule has 0 radical (unpaired) electrons. The zero-order valence-electron chi connectivity index (χ0n) is 9.80. The molecule has 0 aliphatic carbocycles. The van der Waals surface area contributed by atoms with Gasteiger partial charge in [-0.1, -0.05) is 19.8 Å². The first-order valence-electron chi connectivity index (χ1n) is 5.65. The Kier molecular flexibility index (Phi) is 4.60. The quantitative estimate of drug-likeness (QED) is 0.535. The van der Waals surface area contributed by atoms with Crippen LogP contribution in [0.15, 0.2) is 12.1 Å². The van der Waals surface area contributed by atoms with Crippen molar-refractivity contribution in [3.63, 3.8) is 0 Å². The number of aliphatic hydroxyl groups is 1. The van der Waals surface area contributed by atoms with Gasteiger partial charge >= 0.3 is 0 Å². The van der Waals surface area contributed by atoms with E-state index in [1.165, 1.54) is 0 Å². The van der Waals surface area contributed by atoms with E-state index in [2.05, 4.69) is 0 Å². The number of benzene rings is 1. The fourth-order valence-electron chi connectivity index (χ4n) is 1.74. The van der Waals surface area contributed by atoms with Crippen LogP contribution in [0.25, 0.3) is 0 Å². The number of rotatable bonds is 5. The third-order valence-electron chi connectivity index (χ3n) is 2.72. The molecule has 0 unspecified atom stereocenters. The highest BCUT2D eigenvalue weighted by Crippen LogP contribution is 2.37. The number of aliphatic hydroxyl groups excluding tert-OH is 1. The van der Waals surface area contributed by atoms with Gasteiger partial charge in [-0.2, -0.15) is 0 Å². The Morgan fingerprint density at radius 3 is 2.18 bits per heavy atom. The van der Waals surface area contributed by atoms with Crippen molar-refractivity contribution < 1.29 is 20.4 Å². The lowest BCUT2D eigenvalue weighted by Gasteiger charge is -2.21. The van der Waals surface area contributed by atoms with Gasteiger partial charge in [0.05, 0.1) is 17.7 Å². The van der Waals surface area contributed by atoms with Crippen LogP contribution in [-0.2, 0) is 0 Å². The monoisotopic (exact) mass is 241 g/mol. The number of nitrogens with two attached hydrogens (primary N) is 1. The van der Waals surface area contributed by atoms with Crippen LogP contribution in [0.5, 0.6) is 17.2 Å². The molecule has 0 aliphatic rings. The number of hydrogen-bond acceptors (Lipinski definition) is 5. The van der Waals surface area contributed by atoms with Gasteiger partial charge in [0, 0.05) is 12.1 Å². The summed E-state index contributed by atoms with van der Waals surface area (Å²) in [6.45, 7) is 1.99. The molecule has 2 atom stereocenters. The smallest absolute Gasteiger partial charge is 0.127 e. The van der Waals surface area contributed by atoms with Crippen LogP contribution < -0.4 is 5.73 Å². The van der Waals surface area contributed by atoms with Crippen LogP contribution in [0.4, 0.5) is 0 Å². The van der Waals surface area contributed by atoms with E-state index in [1.54, 1.807) is 0 Å². The largest absolute Gasteiger partial charge is 0.508 e. The lowest BCUT2D eigenvalue weighted by atomic mass is 9.96. The molecule has 96 valence electrons. The third kappa shape index (κ3) is 3.25. The van der Waals surface area contributed by atoms with Gasteiger partial charge in [-0.15, -0.1) is 0 Å². The molecule has 1 aromatic carbocycles. The number of phenolic OH excluding ortho intramolecular Hbond substituents is 3. The molecule has 17 heavy (non-hydrogen) atoms. The van der Waals surface area contributed by atoms with E-state index in [0.717, 1.165) is 25.0 Å². The fourth-order valence-corrected chi connectivity index (χ4v) is 1.74. The second-order valence-electron chi connectivity index (χ2n) is 4.13. The minimum absolute atomic E-state index is 0.0615. The van der Waals surface area contributed by atoms with Gasteiger partial charge in [0.25, 0.3) is 0 Å². The Morgan fingerprint density at radius 1 is 1.18 bits per heavy atom. The van der Waals surface area contributed by atoms with Gasteiger partial charge in [0.2, 0.25) is 0 Å². The zero-order valence-corrected chi connectivity index (χ0v) is 9.80. The van der Waals surface area contributed by atoms with Crippen LogP contribution in [0, 0.1) is 0 Å². The van der Waals surface area contributed by atoms with Gasteiger partial charge in [-0.3, -0.25) is 0 Å². The van der Waals surface area contributed by atoms with Crippen molar-refractivity contribution in [3.05, 3.63) is 17.7 Å². The lowest BCUT2D eigenvalue weighted by Crippen LogP contribution is -2.26. The number of hydrogen-bond donors (Lipinski definition) is 5. The molecule has 0 spiro atoms. The van der Waals surface area contributed by atoms with Crippen molar-refractivity contribution >= 4 is 0 Å². The molecule has 0 fully saturated rings. The topological polar surface area (TPSA) is 107 Å². The van der Waals surface area contributed by atoms with Gasteiger partial charge in [-0.25, -0.2) is 0 Å². The normalized spacial score (nSPS) is 14.5. The van der Waals surface area contributed by atoms with Crippen LogP contribution in [0.2, 0.25) is 0 Å². The second-order valence-corrected chi connectivity index (χ2v) is 4.13. The molecule has 5 heteroatoms. The van der Waals surface area contributed by atoms with Crippen molar-refractivity contribution in [1.29, 1.82) is 0 Å². The van der Waals surface area contributed by atoms with Crippen LogP contribution in [-0.4, -0.2) is 26.5 Å². The average molecular weight is 241 g/mol. The summed E-state index contributed by atoms with van der Waals surface area (Å²) >= 11 is 0. The summed E-state index contributed by atoms with van der Waals surface area (Å²) in [5, 5.41) is 38.2. The standard InChI is InChI=1S/C12H19NO4/c1-2-3-4-8(15)12(13)11-9(16)5-7(14)6-10(11)17/h5-6,8,12,14-17H,2-4,13H2,1H3/t8-,12-/m0/s1. The van der Waals surface area contributed by atoms with E-state index in [1.807, 2.05) is 6.92 Å². The van der Waals surface area contributed by atoms with Crippen molar-refractivity contribution in [2.75, 3.05) is 0 Å². The Bertz CT molecular complexity index is 358. The molecular weight excluding hydrogens is 222 g/mol. The number of aromatic hydroxyl groups is 3. The van der Waals surface area contributed by atoms with Gasteiger partial charge in [0.1, 0.15) is 17.2 Å². The van der Waals surface area contributed by atoms with Crippen molar-refractivity contribution in [2.45, 2.75) is 38.3 Å². The summed E-state index contributed by atoms with van der Waals surface area (Å²) in [7, 11) is 0. The summed E-state index contributed by atoms with van der Waals surface area (Å²) in [6, 6.07) is 1.30. The third-order valence-corrected chi connectivity index (χ3v) is 2.72. The van der Waals surface area contributed by atoms with Gasteiger partial charge in [0.15, 0.2) is 0 Å². The van der Waals surface area contributed by atoms with E-state index in [9.17, 15) is 15.3 Å². The predicted octanol–water partition coefficient (Wildman–Crippen LogP) is 1.35. The molecule has 5 nitrogen and oxygen atoms in total. The first kappa shape index (κ1) is 13.6. The SMILES string of the molecule is CCCC[C@H](O)[C@H](N)c1c(O)cc(O)cc1O. The van der Waals surface area contributed by atoms with Gasteiger partial charge in [-0.05, 0) is 6.42 Å². The molecule has 0 amide bonds. The van der Waals surface area contributed by atoms with E-state index in [4.69, 9.17) is 10.8 Å². The molecule has 6 N–H and O–H groups in total. The first-order valence-corrected chi connectivity index (χ1v) is 5.65. The van der Waals surface area contributed by atoms with E-state index in [-0.39, 0.29) is 22.8 Å². The minimum atomic E-state index is -0.873. The predicted molar refractivity (Wildman–Crippen MR) is 63.9 cm³/mol. The summed E-state index contributed by atoms with van der Waals surface area (Å²) in [6.07, 6.45) is 1.40. The summed E-state index contributed by atoms with van der Waals surface area (Å²) < 4.78 is 0. The lowest BCUT2D eigenvalue weighted by molar-refractivity contribution is 0.130. The molecule has 0 bridgehead atoms. The van der Waals surface area contributed by atoms with Gasteiger partial charge < -0.3 is 26.2 Å². The summed E-state index contributed by atoms with van der Waals surface area (Å²) in [5.41, 5.74) is 5.84. The average Bonchev–Trinajstić information content (AvgIpc) is 2.24. The first-order chi connectivity index (χ1) is 7.97. The molecule has 1 aromatic rings. The maximum Gasteiger partial charge on any atom is 0.127 e. The molecule has 0 saturated carbocycles. The van der Waals surface area contributed by atoms with Crippen molar-refractivity contribution in [1.82, 2.24) is 0 Å². The van der Waals surface area contributed by atoms with Crippen molar-refractivity contribution in [2.24, 2.45) is 5.73 Å². The highest BCUT2D eigenvalue weighted by molar-refractivity contribution is 5.50. The molecule has 1 rings (SSSR count). The Labute approximate surface area is 100 Å². The Hall–Kier alpha value is -1.46. The molecule has 0 saturated heterocycles. The van der Waals surface area contributed by atoms with Crippen molar-refractivity contribution in [3.8, 4) is 17.2 Å². The Balaban J connectivity index is 2.91. The summed E-state index contributed by atoms with van der Waals surface area (Å²) in [5.74, 6) is -0.880. The van der Waals surface area contributed by atoms with E-state index in [0.29, 0.717) is 6.42 Å². The maximum atomic E-state index is 9.81. The van der Waals surface area contributed by atoms with Crippen LogP contribution in [0.3, 0.4) is 0 Å². The van der Waals surface area contributed by atoms with Crippen LogP contribution >= 0.6 is 0 Å². The fraction of sp³-hybridized carbons (Fsp3) is 0.500. The highest BCUT2D eigenvalue weighted by Gasteiger charge is 2.23. The summed E-state index contributed by atoms with van der Waals surface area (Å²) in [4.78, 5) is 0. The molecular formula is C12H19NO4. The number of phenols is 3. The maximum absolute atomic E-state index is 9.81. The second kappa shape index (κ2) is 5.75. The molecule has 0 aliphatic heterocycles. The molecule has 0 aromatic heterocycles. The highest BCUT2D eigenvalue weighted by atomic mass is 16.3. The number of unbranched alkanes of at least 4 members (excludes halogenated alkanes) is 1. The Morgan fingerprint density at radius 2 is 1.71 bits per heavy atom.